The first-order valence-electron chi connectivity index (χ1n) is 7.11. The van der Waals surface area contributed by atoms with E-state index in [1.165, 1.54) is 0 Å². The van der Waals surface area contributed by atoms with Gasteiger partial charge in [0.1, 0.15) is 5.82 Å². The van der Waals surface area contributed by atoms with E-state index >= 15 is 0 Å². The van der Waals surface area contributed by atoms with Crippen molar-refractivity contribution >= 4 is 32.5 Å². The van der Waals surface area contributed by atoms with E-state index < -0.39 is 0 Å². The summed E-state index contributed by atoms with van der Waals surface area (Å²) in [4.78, 5) is 17.0. The van der Waals surface area contributed by atoms with Crippen molar-refractivity contribution in [1.82, 2.24) is 9.55 Å². The van der Waals surface area contributed by atoms with E-state index in [0.29, 0.717) is 18.5 Å². The monoisotopic (exact) mass is 357 g/mol. The smallest absolute Gasteiger partial charge is 0.261 e. The van der Waals surface area contributed by atoms with E-state index in [0.717, 1.165) is 21.5 Å². The molecule has 0 spiro atoms. The van der Waals surface area contributed by atoms with E-state index in [2.05, 4.69) is 26.2 Å². The number of anilines is 1. The molecule has 3 rings (SSSR count). The molecule has 0 aliphatic rings. The van der Waals surface area contributed by atoms with Gasteiger partial charge in [0.15, 0.2) is 0 Å². The Kier molecular flexibility index (Phi) is 4.24. The van der Waals surface area contributed by atoms with E-state index in [9.17, 15) is 4.79 Å². The van der Waals surface area contributed by atoms with Crippen LogP contribution < -0.4 is 10.9 Å². The molecule has 0 fully saturated rings. The molecule has 0 aliphatic heterocycles. The van der Waals surface area contributed by atoms with Gasteiger partial charge in [-0.25, -0.2) is 4.98 Å². The van der Waals surface area contributed by atoms with E-state index in [4.69, 9.17) is 0 Å². The van der Waals surface area contributed by atoms with Gasteiger partial charge in [-0.3, -0.25) is 9.36 Å². The molecule has 0 saturated heterocycles. The zero-order valence-corrected chi connectivity index (χ0v) is 13.8. The normalized spacial score (nSPS) is 10.8. The lowest BCUT2D eigenvalue weighted by Gasteiger charge is -2.12. The van der Waals surface area contributed by atoms with Crippen LogP contribution in [0.5, 0.6) is 0 Å². The fraction of sp³-hybridized carbons (Fsp3) is 0.176. The molecule has 0 aliphatic carbocycles. The molecule has 112 valence electrons. The van der Waals surface area contributed by atoms with Crippen molar-refractivity contribution in [2.45, 2.75) is 13.5 Å². The zero-order valence-electron chi connectivity index (χ0n) is 12.2. The summed E-state index contributed by atoms with van der Waals surface area (Å²) in [6.07, 6.45) is 0. The number of aryl methyl sites for hydroxylation is 1. The average Bonchev–Trinajstić information content (AvgIpc) is 2.52. The van der Waals surface area contributed by atoms with E-state index in [-0.39, 0.29) is 5.56 Å². The van der Waals surface area contributed by atoms with Crippen LogP contribution in [-0.2, 0) is 6.54 Å². The molecule has 1 N–H and O–H groups in total. The maximum absolute atomic E-state index is 12.5. The van der Waals surface area contributed by atoms with Crippen molar-refractivity contribution < 1.29 is 0 Å². The second-order valence-electron chi connectivity index (χ2n) is 5.07. The lowest BCUT2D eigenvalue weighted by atomic mass is 10.2. The highest BCUT2D eigenvalue weighted by Gasteiger charge is 2.07. The van der Waals surface area contributed by atoms with Crippen LogP contribution in [0, 0.1) is 6.92 Å². The van der Waals surface area contributed by atoms with Gasteiger partial charge >= 0.3 is 0 Å². The quantitative estimate of drug-likeness (QED) is 0.776. The Hall–Kier alpha value is -2.14. The third-order valence-electron chi connectivity index (χ3n) is 3.56. The first kappa shape index (κ1) is 14.8. The molecule has 3 aromatic rings. The van der Waals surface area contributed by atoms with Gasteiger partial charge in [-0.2, -0.15) is 0 Å². The SMILES string of the molecule is Cc1nc2ccccc2c(=O)n1CCNc1ccc(Br)cc1. The van der Waals surface area contributed by atoms with Gasteiger partial charge in [-0.1, -0.05) is 28.1 Å². The first-order chi connectivity index (χ1) is 10.6. The molecular weight excluding hydrogens is 342 g/mol. The summed E-state index contributed by atoms with van der Waals surface area (Å²) < 4.78 is 2.76. The Morgan fingerprint density at radius 2 is 1.86 bits per heavy atom. The topological polar surface area (TPSA) is 46.9 Å². The average molecular weight is 358 g/mol. The van der Waals surface area contributed by atoms with Gasteiger partial charge in [0.25, 0.3) is 5.56 Å². The number of nitrogens with zero attached hydrogens (tertiary/aromatic N) is 2. The van der Waals surface area contributed by atoms with E-state index in [1.54, 1.807) is 4.57 Å². The lowest BCUT2D eigenvalue weighted by Crippen LogP contribution is -2.27. The van der Waals surface area contributed by atoms with Crippen molar-refractivity contribution in [3.05, 3.63) is 69.2 Å². The number of benzene rings is 2. The second kappa shape index (κ2) is 6.32. The largest absolute Gasteiger partial charge is 0.383 e. The zero-order chi connectivity index (χ0) is 15.5. The fourth-order valence-corrected chi connectivity index (χ4v) is 2.69. The molecular formula is C17H16BrN3O. The number of rotatable bonds is 4. The highest BCUT2D eigenvalue weighted by molar-refractivity contribution is 9.10. The van der Waals surface area contributed by atoms with Crippen molar-refractivity contribution in [2.24, 2.45) is 0 Å². The Labute approximate surface area is 136 Å². The van der Waals surface area contributed by atoms with Gasteiger partial charge in [-0.15, -0.1) is 0 Å². The van der Waals surface area contributed by atoms with Crippen molar-refractivity contribution in [1.29, 1.82) is 0 Å². The van der Waals surface area contributed by atoms with Crippen LogP contribution in [0.4, 0.5) is 5.69 Å². The van der Waals surface area contributed by atoms with Crippen LogP contribution in [0.15, 0.2) is 57.8 Å². The third kappa shape index (κ3) is 3.04. The minimum atomic E-state index is 0.0145. The Morgan fingerprint density at radius 3 is 2.64 bits per heavy atom. The van der Waals surface area contributed by atoms with Gasteiger partial charge < -0.3 is 5.32 Å². The maximum Gasteiger partial charge on any atom is 0.261 e. The molecule has 0 amide bonds. The number of fused-ring (bicyclic) bond motifs is 1. The van der Waals surface area contributed by atoms with Crippen LogP contribution in [-0.4, -0.2) is 16.1 Å². The van der Waals surface area contributed by atoms with Gasteiger partial charge in [0.2, 0.25) is 0 Å². The second-order valence-corrected chi connectivity index (χ2v) is 5.98. The van der Waals surface area contributed by atoms with Crippen molar-refractivity contribution in [3.63, 3.8) is 0 Å². The summed E-state index contributed by atoms with van der Waals surface area (Å²) in [5.74, 6) is 0.737. The number of halogens is 1. The van der Waals surface area contributed by atoms with Crippen LogP contribution >= 0.6 is 15.9 Å². The predicted octanol–water partition coefficient (Wildman–Crippen LogP) is 3.58. The molecule has 0 saturated carbocycles. The number of para-hydroxylation sites is 1. The van der Waals surface area contributed by atoms with Crippen molar-refractivity contribution in [3.8, 4) is 0 Å². The molecule has 0 atom stereocenters. The molecule has 0 unspecified atom stereocenters. The third-order valence-corrected chi connectivity index (χ3v) is 4.09. The molecule has 22 heavy (non-hydrogen) atoms. The summed E-state index contributed by atoms with van der Waals surface area (Å²) in [5, 5.41) is 3.98. The molecule has 1 aromatic heterocycles. The minimum absolute atomic E-state index is 0.0145. The molecule has 2 aromatic carbocycles. The van der Waals surface area contributed by atoms with Crippen LogP contribution in [0.25, 0.3) is 10.9 Å². The number of hydrogen-bond donors (Lipinski definition) is 1. The fourth-order valence-electron chi connectivity index (χ4n) is 2.42. The van der Waals surface area contributed by atoms with Crippen molar-refractivity contribution in [2.75, 3.05) is 11.9 Å². The standard InChI is InChI=1S/C17H16BrN3O/c1-12-20-16-5-3-2-4-15(16)17(22)21(12)11-10-19-14-8-6-13(18)7-9-14/h2-9,19H,10-11H2,1H3. The highest BCUT2D eigenvalue weighted by atomic mass is 79.9. The molecule has 4 nitrogen and oxygen atoms in total. The number of hydrogen-bond acceptors (Lipinski definition) is 3. The Morgan fingerprint density at radius 1 is 1.14 bits per heavy atom. The summed E-state index contributed by atoms with van der Waals surface area (Å²) >= 11 is 3.41. The summed E-state index contributed by atoms with van der Waals surface area (Å²) in [7, 11) is 0. The summed E-state index contributed by atoms with van der Waals surface area (Å²) in [6, 6.07) is 15.4. The summed E-state index contributed by atoms with van der Waals surface area (Å²) in [6.45, 7) is 3.12. The Balaban J connectivity index is 1.79. The van der Waals surface area contributed by atoms with Crippen LogP contribution in [0.2, 0.25) is 0 Å². The van der Waals surface area contributed by atoms with Gasteiger partial charge in [0, 0.05) is 23.2 Å². The predicted molar refractivity (Wildman–Crippen MR) is 93.4 cm³/mol. The first-order valence-corrected chi connectivity index (χ1v) is 7.90. The van der Waals surface area contributed by atoms with Crippen LogP contribution in [0.3, 0.4) is 0 Å². The van der Waals surface area contributed by atoms with Crippen LogP contribution in [0.1, 0.15) is 5.82 Å². The number of aromatic nitrogens is 2. The molecule has 0 radical (unpaired) electrons. The van der Waals surface area contributed by atoms with Gasteiger partial charge in [-0.05, 0) is 43.3 Å². The molecule has 1 heterocycles. The molecule has 5 heteroatoms. The lowest BCUT2D eigenvalue weighted by molar-refractivity contribution is 0.662. The number of nitrogens with one attached hydrogen (secondary N) is 1. The molecule has 0 bridgehead atoms. The minimum Gasteiger partial charge on any atom is -0.383 e. The summed E-state index contributed by atoms with van der Waals surface area (Å²) in [5.41, 5.74) is 1.80. The Bertz CT molecular complexity index is 856. The van der Waals surface area contributed by atoms with E-state index in [1.807, 2.05) is 55.5 Å². The highest BCUT2D eigenvalue weighted by Crippen LogP contribution is 2.14. The van der Waals surface area contributed by atoms with Gasteiger partial charge in [0.05, 0.1) is 10.9 Å². The maximum atomic E-state index is 12.5.